The molecule has 106 valence electrons. The second kappa shape index (κ2) is 5.67. The van der Waals surface area contributed by atoms with Gasteiger partial charge in [-0.15, -0.1) is 12.4 Å². The Morgan fingerprint density at radius 2 is 2.00 bits per heavy atom. The highest BCUT2D eigenvalue weighted by atomic mass is 35.5. The Hall–Kier alpha value is -1.81. The smallest absolute Gasteiger partial charge is 0.253 e. The van der Waals surface area contributed by atoms with Crippen LogP contribution in [0.25, 0.3) is 11.3 Å². The summed E-state index contributed by atoms with van der Waals surface area (Å²) in [6, 6.07) is 6.02. The van der Waals surface area contributed by atoms with Gasteiger partial charge in [-0.2, -0.15) is 0 Å². The average molecular weight is 292 g/mol. The zero-order chi connectivity index (χ0) is 13.4. The summed E-state index contributed by atoms with van der Waals surface area (Å²) in [7, 11) is 0. The maximum atomic E-state index is 12.1. The van der Waals surface area contributed by atoms with Crippen molar-refractivity contribution in [2.24, 2.45) is 5.92 Å². The Kier molecular flexibility index (Phi) is 4.14. The number of fused-ring (bicyclic) bond motifs is 1. The molecule has 0 fully saturated rings. The highest BCUT2D eigenvalue weighted by molar-refractivity contribution is 5.98. The summed E-state index contributed by atoms with van der Waals surface area (Å²) >= 11 is 0. The number of amides is 1. The number of rotatable bonds is 2. The van der Waals surface area contributed by atoms with Crippen molar-refractivity contribution in [1.82, 2.24) is 15.3 Å². The fraction of sp³-hybridized carbons (Fsp3) is 0.333. The molecule has 1 aliphatic heterocycles. The van der Waals surface area contributed by atoms with E-state index >= 15 is 0 Å². The summed E-state index contributed by atoms with van der Waals surface area (Å²) in [6.45, 7) is 4.26. The normalized spacial score (nSPS) is 17.4. The zero-order valence-corrected chi connectivity index (χ0v) is 12.3. The molecule has 4 nitrogen and oxygen atoms in total. The van der Waals surface area contributed by atoms with E-state index in [4.69, 9.17) is 0 Å². The number of carbonyl (C=O) groups is 1. The lowest BCUT2D eigenvalue weighted by Gasteiger charge is -2.26. The van der Waals surface area contributed by atoms with E-state index in [1.807, 2.05) is 18.2 Å². The summed E-state index contributed by atoms with van der Waals surface area (Å²) in [5.41, 5.74) is 3.84. The third-order valence-electron chi connectivity index (χ3n) is 3.68. The predicted octanol–water partition coefficient (Wildman–Crippen LogP) is 2.81. The first-order chi connectivity index (χ1) is 9.15. The van der Waals surface area contributed by atoms with E-state index in [-0.39, 0.29) is 24.4 Å². The molecule has 0 unspecified atom stereocenters. The number of hydrogen-bond donors (Lipinski definition) is 2. The molecule has 0 radical (unpaired) electrons. The van der Waals surface area contributed by atoms with Crippen molar-refractivity contribution in [3.63, 3.8) is 0 Å². The van der Waals surface area contributed by atoms with Crippen molar-refractivity contribution in [2.45, 2.75) is 26.3 Å². The van der Waals surface area contributed by atoms with Crippen LogP contribution in [0.1, 0.15) is 29.9 Å². The van der Waals surface area contributed by atoms with Crippen LogP contribution >= 0.6 is 12.4 Å². The first-order valence-electron chi connectivity index (χ1n) is 6.58. The van der Waals surface area contributed by atoms with Crippen LogP contribution in [0.2, 0.25) is 0 Å². The van der Waals surface area contributed by atoms with Crippen LogP contribution in [0.5, 0.6) is 0 Å². The zero-order valence-electron chi connectivity index (χ0n) is 11.5. The number of H-pyrrole nitrogens is 1. The largest absolute Gasteiger partial charge is 0.358 e. The highest BCUT2D eigenvalue weighted by Gasteiger charge is 2.28. The van der Waals surface area contributed by atoms with E-state index in [0.717, 1.165) is 28.9 Å². The molecular formula is C15H18ClN3O. The minimum atomic E-state index is 0. The number of carbonyl (C=O) groups excluding carboxylic acids is 1. The van der Waals surface area contributed by atoms with Crippen LogP contribution in [0.4, 0.5) is 0 Å². The second-order valence-electron chi connectivity index (χ2n) is 5.34. The number of nitrogens with zero attached hydrogens (tertiary/aromatic N) is 1. The van der Waals surface area contributed by atoms with Gasteiger partial charge in [0.1, 0.15) is 0 Å². The molecule has 3 rings (SSSR count). The van der Waals surface area contributed by atoms with Crippen LogP contribution in [0.15, 0.2) is 30.6 Å². The number of pyridine rings is 1. The fourth-order valence-corrected chi connectivity index (χ4v) is 2.47. The predicted molar refractivity (Wildman–Crippen MR) is 81.1 cm³/mol. The number of aromatic nitrogens is 2. The van der Waals surface area contributed by atoms with Crippen LogP contribution in [-0.2, 0) is 6.42 Å². The lowest BCUT2D eigenvalue weighted by atomic mass is 9.94. The van der Waals surface area contributed by atoms with Gasteiger partial charge >= 0.3 is 0 Å². The van der Waals surface area contributed by atoms with E-state index in [1.165, 1.54) is 0 Å². The van der Waals surface area contributed by atoms with Crippen LogP contribution in [0, 0.1) is 5.92 Å². The summed E-state index contributed by atoms with van der Waals surface area (Å²) in [6.07, 6.45) is 4.38. The van der Waals surface area contributed by atoms with Crippen LogP contribution in [0.3, 0.4) is 0 Å². The van der Waals surface area contributed by atoms with Crippen LogP contribution < -0.4 is 5.32 Å². The van der Waals surface area contributed by atoms with E-state index in [1.54, 1.807) is 12.4 Å². The molecule has 0 bridgehead atoms. The van der Waals surface area contributed by atoms with Gasteiger partial charge in [-0.05, 0) is 24.1 Å². The van der Waals surface area contributed by atoms with Crippen molar-refractivity contribution in [2.75, 3.05) is 0 Å². The topological polar surface area (TPSA) is 57.8 Å². The quantitative estimate of drug-likeness (QED) is 0.894. The van der Waals surface area contributed by atoms with Crippen molar-refractivity contribution in [3.8, 4) is 11.3 Å². The monoisotopic (exact) mass is 291 g/mol. The van der Waals surface area contributed by atoms with Gasteiger partial charge in [-0.1, -0.05) is 13.8 Å². The molecule has 1 atom stereocenters. The number of aromatic amines is 1. The van der Waals surface area contributed by atoms with Crippen molar-refractivity contribution in [3.05, 3.63) is 41.9 Å². The van der Waals surface area contributed by atoms with Crippen molar-refractivity contribution >= 4 is 18.3 Å². The molecule has 0 saturated heterocycles. The van der Waals surface area contributed by atoms with Gasteiger partial charge in [0.15, 0.2) is 0 Å². The summed E-state index contributed by atoms with van der Waals surface area (Å²) in [4.78, 5) is 19.5. The Labute approximate surface area is 124 Å². The first-order valence-corrected chi connectivity index (χ1v) is 6.58. The van der Waals surface area contributed by atoms with Gasteiger partial charge in [0.05, 0.1) is 5.56 Å². The molecule has 1 amide bonds. The molecule has 0 spiro atoms. The molecular weight excluding hydrogens is 274 g/mol. The Morgan fingerprint density at radius 1 is 1.30 bits per heavy atom. The third kappa shape index (κ3) is 2.56. The summed E-state index contributed by atoms with van der Waals surface area (Å²) < 4.78 is 0. The lowest BCUT2D eigenvalue weighted by molar-refractivity contribution is 0.0912. The third-order valence-corrected chi connectivity index (χ3v) is 3.68. The Bertz CT molecular complexity index is 607. The number of nitrogens with one attached hydrogen (secondary N) is 2. The number of hydrogen-bond acceptors (Lipinski definition) is 2. The molecule has 0 aromatic carbocycles. The lowest BCUT2D eigenvalue weighted by Crippen LogP contribution is -2.44. The van der Waals surface area contributed by atoms with Gasteiger partial charge in [-0.3, -0.25) is 9.78 Å². The van der Waals surface area contributed by atoms with Gasteiger partial charge in [0.2, 0.25) is 0 Å². The van der Waals surface area contributed by atoms with Crippen molar-refractivity contribution < 1.29 is 4.79 Å². The van der Waals surface area contributed by atoms with Gasteiger partial charge in [0.25, 0.3) is 5.91 Å². The minimum absolute atomic E-state index is 0. The van der Waals surface area contributed by atoms with E-state index < -0.39 is 0 Å². The fourth-order valence-electron chi connectivity index (χ4n) is 2.47. The Morgan fingerprint density at radius 3 is 2.65 bits per heavy atom. The van der Waals surface area contributed by atoms with Crippen LogP contribution in [-0.4, -0.2) is 21.9 Å². The maximum Gasteiger partial charge on any atom is 0.253 e. The van der Waals surface area contributed by atoms with Gasteiger partial charge < -0.3 is 10.3 Å². The molecule has 0 aliphatic carbocycles. The van der Waals surface area contributed by atoms with Crippen molar-refractivity contribution in [1.29, 1.82) is 0 Å². The molecule has 3 heterocycles. The highest BCUT2D eigenvalue weighted by Crippen LogP contribution is 2.26. The SMILES string of the molecule is CC(C)[C@@H]1Cc2[nH]c(-c3ccncc3)cc2C(=O)N1.Cl. The maximum absolute atomic E-state index is 12.1. The molecule has 2 aromatic heterocycles. The molecule has 20 heavy (non-hydrogen) atoms. The molecule has 0 saturated carbocycles. The molecule has 2 aromatic rings. The average Bonchev–Trinajstić information content (AvgIpc) is 2.84. The standard InChI is InChI=1S/C15H17N3O.ClH/c1-9(2)12-8-14-11(15(19)18-12)7-13(17-14)10-3-5-16-6-4-10;/h3-7,9,12,17H,8H2,1-2H3,(H,18,19);1H/t12-;/m0./s1. The van der Waals surface area contributed by atoms with Gasteiger partial charge in [0, 0.05) is 41.8 Å². The molecule has 2 N–H and O–H groups in total. The minimum Gasteiger partial charge on any atom is -0.358 e. The van der Waals surface area contributed by atoms with E-state index in [2.05, 4.69) is 29.1 Å². The first kappa shape index (κ1) is 14.6. The van der Waals surface area contributed by atoms with E-state index in [0.29, 0.717) is 5.92 Å². The summed E-state index contributed by atoms with van der Waals surface area (Å²) in [5.74, 6) is 0.460. The Balaban J connectivity index is 0.00000147. The van der Waals surface area contributed by atoms with E-state index in [9.17, 15) is 4.79 Å². The molecule has 5 heteroatoms. The van der Waals surface area contributed by atoms with Gasteiger partial charge in [-0.25, -0.2) is 0 Å². The number of halogens is 1. The molecule has 1 aliphatic rings. The summed E-state index contributed by atoms with van der Waals surface area (Å²) in [5, 5.41) is 3.07. The second-order valence-corrected chi connectivity index (χ2v) is 5.34.